The van der Waals surface area contributed by atoms with E-state index in [4.69, 9.17) is 11.6 Å². The maximum absolute atomic E-state index is 12.3. The van der Waals surface area contributed by atoms with Crippen molar-refractivity contribution < 1.29 is 15.0 Å². The smallest absolute Gasteiger partial charge is 0.224 e. The number of aliphatic hydroxyl groups excluding tert-OH is 1. The molecule has 0 saturated heterocycles. The Morgan fingerprint density at radius 1 is 1.32 bits per heavy atom. The van der Waals surface area contributed by atoms with Crippen LogP contribution in [-0.2, 0) is 11.2 Å². The molecule has 3 N–H and O–H groups in total. The van der Waals surface area contributed by atoms with E-state index < -0.39 is 0 Å². The minimum absolute atomic E-state index is 0.0358. The van der Waals surface area contributed by atoms with E-state index in [1.165, 1.54) is 31.4 Å². The fraction of sp³-hybridized carbons (Fsp3) is 0.588. The largest absolute Gasteiger partial charge is 0.508 e. The number of phenols is 1. The van der Waals surface area contributed by atoms with Crippen LogP contribution in [0.1, 0.15) is 44.1 Å². The number of carbonyl (C=O) groups is 1. The fourth-order valence-corrected chi connectivity index (χ4v) is 3.45. The number of aromatic hydroxyl groups is 1. The minimum Gasteiger partial charge on any atom is -0.508 e. The van der Waals surface area contributed by atoms with Crippen molar-refractivity contribution in [2.75, 3.05) is 6.61 Å². The summed E-state index contributed by atoms with van der Waals surface area (Å²) >= 11 is 6.04. The molecule has 2 rings (SSSR count). The molecule has 122 valence electrons. The van der Waals surface area contributed by atoms with Crippen molar-refractivity contribution in [1.29, 1.82) is 0 Å². The third kappa shape index (κ3) is 4.89. The normalized spacial score (nSPS) is 17.2. The monoisotopic (exact) mass is 325 g/mol. The van der Waals surface area contributed by atoms with Crippen molar-refractivity contribution >= 4 is 17.5 Å². The van der Waals surface area contributed by atoms with Crippen LogP contribution in [0.25, 0.3) is 0 Å². The van der Waals surface area contributed by atoms with Crippen LogP contribution < -0.4 is 5.32 Å². The van der Waals surface area contributed by atoms with Gasteiger partial charge in [0.1, 0.15) is 5.75 Å². The molecule has 1 aromatic carbocycles. The Bertz CT molecular complexity index is 501. The highest BCUT2D eigenvalue weighted by molar-refractivity contribution is 6.31. The van der Waals surface area contributed by atoms with E-state index >= 15 is 0 Å². The van der Waals surface area contributed by atoms with Gasteiger partial charge in [0, 0.05) is 17.7 Å². The highest BCUT2D eigenvalue weighted by Crippen LogP contribution is 2.28. The summed E-state index contributed by atoms with van der Waals surface area (Å²) in [6.45, 7) is 0.0847. The van der Waals surface area contributed by atoms with Gasteiger partial charge in [-0.3, -0.25) is 4.79 Å². The molecule has 4 nitrogen and oxygen atoms in total. The number of rotatable bonds is 6. The lowest BCUT2D eigenvalue weighted by Gasteiger charge is -2.30. The number of carbonyl (C=O) groups excluding carboxylic acids is 1. The molecule has 22 heavy (non-hydrogen) atoms. The highest BCUT2D eigenvalue weighted by atomic mass is 35.5. The Balaban J connectivity index is 1.95. The molecule has 1 aliphatic carbocycles. The van der Waals surface area contributed by atoms with Gasteiger partial charge in [0.2, 0.25) is 5.91 Å². The maximum atomic E-state index is 12.3. The van der Waals surface area contributed by atoms with Gasteiger partial charge in [0.05, 0.1) is 6.42 Å². The fourth-order valence-electron chi connectivity index (χ4n) is 3.21. The van der Waals surface area contributed by atoms with Gasteiger partial charge in [0.15, 0.2) is 0 Å². The molecule has 1 aromatic rings. The van der Waals surface area contributed by atoms with Gasteiger partial charge < -0.3 is 15.5 Å². The van der Waals surface area contributed by atoms with Gasteiger partial charge in [-0.1, -0.05) is 36.9 Å². The summed E-state index contributed by atoms with van der Waals surface area (Å²) in [5.74, 6) is 0.464. The number of halogens is 1. The first-order chi connectivity index (χ1) is 10.6. The summed E-state index contributed by atoms with van der Waals surface area (Å²) in [7, 11) is 0. The summed E-state index contributed by atoms with van der Waals surface area (Å²) in [4.78, 5) is 12.3. The van der Waals surface area contributed by atoms with Crippen LogP contribution in [0.15, 0.2) is 18.2 Å². The molecule has 0 aromatic heterocycles. The van der Waals surface area contributed by atoms with Gasteiger partial charge in [0.25, 0.3) is 0 Å². The van der Waals surface area contributed by atoms with E-state index in [1.54, 1.807) is 6.07 Å². The second kappa shape index (κ2) is 8.39. The van der Waals surface area contributed by atoms with E-state index in [1.807, 2.05) is 0 Å². The van der Waals surface area contributed by atoms with Crippen molar-refractivity contribution in [3.05, 3.63) is 28.8 Å². The van der Waals surface area contributed by atoms with Gasteiger partial charge in [-0.25, -0.2) is 0 Å². The summed E-state index contributed by atoms with van der Waals surface area (Å²) in [6.07, 6.45) is 6.68. The van der Waals surface area contributed by atoms with Crippen LogP contribution in [0.5, 0.6) is 5.75 Å². The second-order valence-corrected chi connectivity index (χ2v) is 6.44. The number of hydrogen-bond acceptors (Lipinski definition) is 3. The number of hydrogen-bond donors (Lipinski definition) is 3. The van der Waals surface area contributed by atoms with Crippen molar-refractivity contribution in [1.82, 2.24) is 5.32 Å². The van der Waals surface area contributed by atoms with Gasteiger partial charge >= 0.3 is 0 Å². The zero-order valence-corrected chi connectivity index (χ0v) is 13.5. The Morgan fingerprint density at radius 3 is 2.68 bits per heavy atom. The summed E-state index contributed by atoms with van der Waals surface area (Å²) in [5, 5.41) is 22.0. The zero-order chi connectivity index (χ0) is 15.9. The van der Waals surface area contributed by atoms with Crippen LogP contribution in [0.4, 0.5) is 0 Å². The molecule has 1 unspecified atom stereocenters. The first-order valence-corrected chi connectivity index (χ1v) is 8.35. The molecule has 0 spiro atoms. The van der Waals surface area contributed by atoms with Crippen LogP contribution in [-0.4, -0.2) is 28.8 Å². The zero-order valence-electron chi connectivity index (χ0n) is 12.7. The van der Waals surface area contributed by atoms with Crippen molar-refractivity contribution in [2.24, 2.45) is 5.92 Å². The molecular weight excluding hydrogens is 302 g/mol. The third-order valence-corrected chi connectivity index (χ3v) is 4.74. The van der Waals surface area contributed by atoms with Crippen LogP contribution in [0, 0.1) is 5.92 Å². The third-order valence-electron chi connectivity index (χ3n) is 4.39. The van der Waals surface area contributed by atoms with Crippen molar-refractivity contribution in [3.8, 4) is 5.75 Å². The van der Waals surface area contributed by atoms with E-state index in [-0.39, 0.29) is 30.7 Å². The number of nitrogens with one attached hydrogen (secondary N) is 1. The molecule has 1 fully saturated rings. The van der Waals surface area contributed by atoms with Crippen LogP contribution in [0.2, 0.25) is 5.02 Å². The molecule has 5 heteroatoms. The Kier molecular flexibility index (Phi) is 6.52. The second-order valence-electron chi connectivity index (χ2n) is 6.04. The lowest BCUT2D eigenvalue weighted by atomic mass is 9.82. The molecule has 0 aliphatic heterocycles. The van der Waals surface area contributed by atoms with Crippen LogP contribution >= 0.6 is 11.6 Å². The Hall–Kier alpha value is -1.26. The van der Waals surface area contributed by atoms with Gasteiger partial charge in [-0.05, 0) is 42.9 Å². The van der Waals surface area contributed by atoms with Gasteiger partial charge in [-0.15, -0.1) is 0 Å². The standard InChI is InChI=1S/C17H24ClNO3/c18-15-11-14(21)7-6-13(15)10-17(22)19-16(8-9-20)12-4-2-1-3-5-12/h6-7,11-12,16,20-21H,1-5,8-10H2,(H,19,22). The van der Waals surface area contributed by atoms with Gasteiger partial charge in [-0.2, -0.15) is 0 Å². The molecule has 0 heterocycles. The summed E-state index contributed by atoms with van der Waals surface area (Å²) < 4.78 is 0. The summed E-state index contributed by atoms with van der Waals surface area (Å²) in [5.41, 5.74) is 0.698. The SMILES string of the molecule is O=C(Cc1ccc(O)cc1Cl)NC(CCO)C1CCCCC1. The number of benzene rings is 1. The average Bonchev–Trinajstić information content (AvgIpc) is 2.50. The first-order valence-electron chi connectivity index (χ1n) is 7.97. The first kappa shape index (κ1) is 17.1. The van der Waals surface area contributed by atoms with Crippen LogP contribution in [0.3, 0.4) is 0 Å². The van der Waals surface area contributed by atoms with Crippen molar-refractivity contribution in [2.45, 2.75) is 51.0 Å². The maximum Gasteiger partial charge on any atom is 0.224 e. The Labute approximate surface area is 136 Å². The predicted octanol–water partition coefficient (Wildman–Crippen LogP) is 3.04. The number of phenolic OH excluding ortho intramolecular Hbond substituents is 1. The van der Waals surface area contributed by atoms with Crippen molar-refractivity contribution in [3.63, 3.8) is 0 Å². The number of amides is 1. The molecule has 0 bridgehead atoms. The van der Waals surface area contributed by atoms with E-state index in [2.05, 4.69) is 5.32 Å². The van der Waals surface area contributed by atoms with E-state index in [9.17, 15) is 15.0 Å². The summed E-state index contributed by atoms with van der Waals surface area (Å²) in [6, 6.07) is 4.67. The topological polar surface area (TPSA) is 69.6 Å². The number of aliphatic hydroxyl groups is 1. The molecule has 1 atom stereocenters. The average molecular weight is 326 g/mol. The minimum atomic E-state index is -0.0865. The highest BCUT2D eigenvalue weighted by Gasteiger charge is 2.24. The molecule has 1 amide bonds. The quantitative estimate of drug-likeness (QED) is 0.753. The Morgan fingerprint density at radius 2 is 2.05 bits per heavy atom. The molecule has 1 aliphatic rings. The van der Waals surface area contributed by atoms with E-state index in [0.717, 1.165) is 12.8 Å². The molecule has 1 saturated carbocycles. The predicted molar refractivity (Wildman–Crippen MR) is 87.0 cm³/mol. The lowest BCUT2D eigenvalue weighted by Crippen LogP contribution is -2.42. The molecular formula is C17H24ClNO3. The van der Waals surface area contributed by atoms with E-state index in [0.29, 0.717) is 22.9 Å². The molecule has 0 radical (unpaired) electrons. The lowest BCUT2D eigenvalue weighted by molar-refractivity contribution is -0.121.